The van der Waals surface area contributed by atoms with Crippen molar-refractivity contribution in [1.82, 2.24) is 14.9 Å². The molecule has 1 aliphatic heterocycles. The fourth-order valence-corrected chi connectivity index (χ4v) is 5.52. The first-order valence-electron chi connectivity index (χ1n) is 14.6. The molecule has 1 aliphatic carbocycles. The maximum absolute atomic E-state index is 12.2. The summed E-state index contributed by atoms with van der Waals surface area (Å²) in [5.74, 6) is 7.62. The molecular formula is C34H39N5O2. The van der Waals surface area contributed by atoms with E-state index >= 15 is 0 Å². The number of carbonyl (C=O) groups is 1. The fourth-order valence-electron chi connectivity index (χ4n) is 5.52. The van der Waals surface area contributed by atoms with E-state index in [2.05, 4.69) is 69.8 Å². The van der Waals surface area contributed by atoms with Gasteiger partial charge in [-0.1, -0.05) is 30.2 Å². The Kier molecular flexibility index (Phi) is 9.66. The number of aromatic nitrogens is 2. The van der Waals surface area contributed by atoms with Gasteiger partial charge in [0.15, 0.2) is 0 Å². The van der Waals surface area contributed by atoms with E-state index in [0.29, 0.717) is 18.5 Å². The number of nitrogens with one attached hydrogen (secondary N) is 2. The number of carbonyl (C=O) groups excluding carboxylic acids is 1. The Morgan fingerprint density at radius 3 is 2.85 bits per heavy atom. The molecule has 3 aromatic rings. The van der Waals surface area contributed by atoms with Crippen LogP contribution in [0, 0.1) is 23.7 Å². The van der Waals surface area contributed by atoms with Crippen molar-refractivity contribution in [2.24, 2.45) is 11.8 Å². The second-order valence-corrected chi connectivity index (χ2v) is 11.0. The molecule has 0 saturated heterocycles. The predicted octanol–water partition coefficient (Wildman–Crippen LogP) is 6.47. The third-order valence-electron chi connectivity index (χ3n) is 7.68. The van der Waals surface area contributed by atoms with Crippen LogP contribution in [0.25, 0.3) is 11.3 Å². The van der Waals surface area contributed by atoms with Gasteiger partial charge in [-0.05, 0) is 99.9 Å². The zero-order valence-electron chi connectivity index (χ0n) is 24.0. The fraction of sp³-hybridized carbons (Fsp3) is 0.382. The van der Waals surface area contributed by atoms with Crippen LogP contribution in [0.1, 0.15) is 44.6 Å². The quantitative estimate of drug-likeness (QED) is 0.219. The summed E-state index contributed by atoms with van der Waals surface area (Å²) in [6.45, 7) is 4.90. The molecule has 1 aromatic heterocycles. The van der Waals surface area contributed by atoms with Gasteiger partial charge in [0.1, 0.15) is 5.75 Å². The summed E-state index contributed by atoms with van der Waals surface area (Å²) in [6, 6.07) is 16.5. The highest BCUT2D eigenvalue weighted by Gasteiger charge is 2.25. The largest absolute Gasteiger partial charge is 0.493 e. The lowest BCUT2D eigenvalue weighted by molar-refractivity contribution is -0.118. The van der Waals surface area contributed by atoms with Crippen molar-refractivity contribution in [3.8, 4) is 28.8 Å². The number of nitrogens with zero attached hydrogens (tertiary/aromatic N) is 3. The lowest BCUT2D eigenvalue weighted by atomic mass is 9.80. The molecular weight excluding hydrogens is 510 g/mol. The Bertz CT molecular complexity index is 1430. The Hall–Kier alpha value is -4.15. The van der Waals surface area contributed by atoms with Crippen molar-refractivity contribution < 1.29 is 9.53 Å². The van der Waals surface area contributed by atoms with E-state index in [-0.39, 0.29) is 11.7 Å². The minimum absolute atomic E-state index is 0.0993. The maximum Gasteiger partial charge on any atom is 0.227 e. The molecule has 2 heterocycles. The van der Waals surface area contributed by atoms with Crippen molar-refractivity contribution in [3.05, 3.63) is 72.4 Å². The van der Waals surface area contributed by atoms with Gasteiger partial charge in [-0.2, -0.15) is 0 Å². The smallest absolute Gasteiger partial charge is 0.227 e. The van der Waals surface area contributed by atoms with Crippen molar-refractivity contribution in [3.63, 3.8) is 0 Å². The molecule has 0 amide bonds. The third kappa shape index (κ3) is 8.18. The van der Waals surface area contributed by atoms with E-state index in [9.17, 15) is 4.79 Å². The van der Waals surface area contributed by atoms with E-state index in [4.69, 9.17) is 9.72 Å². The van der Waals surface area contributed by atoms with Gasteiger partial charge in [0.05, 0.1) is 12.3 Å². The van der Waals surface area contributed by atoms with Crippen molar-refractivity contribution in [2.45, 2.75) is 45.6 Å². The van der Waals surface area contributed by atoms with Crippen LogP contribution in [0.2, 0.25) is 0 Å². The first-order chi connectivity index (χ1) is 20.1. The molecule has 5 rings (SSSR count). The molecule has 0 unspecified atom stereocenters. The van der Waals surface area contributed by atoms with Gasteiger partial charge in [-0.15, -0.1) is 0 Å². The summed E-state index contributed by atoms with van der Waals surface area (Å²) < 4.78 is 5.98. The van der Waals surface area contributed by atoms with Gasteiger partial charge >= 0.3 is 0 Å². The SMILES string of the molecule is CC#CC(=O)C1CCC(CNc2cc3cc(c2)Nc2nccc(n2)-c2cccc(c2)OCC/C=C/CN(C)C3)CC1. The van der Waals surface area contributed by atoms with Crippen LogP contribution in [-0.4, -0.2) is 47.4 Å². The van der Waals surface area contributed by atoms with E-state index in [1.54, 1.807) is 13.1 Å². The van der Waals surface area contributed by atoms with E-state index < -0.39 is 0 Å². The maximum atomic E-state index is 12.2. The number of ether oxygens (including phenoxy) is 1. The summed E-state index contributed by atoms with van der Waals surface area (Å²) in [6.07, 6.45) is 11.0. The molecule has 1 fully saturated rings. The molecule has 7 nitrogen and oxygen atoms in total. The molecule has 212 valence electrons. The summed E-state index contributed by atoms with van der Waals surface area (Å²) >= 11 is 0. The summed E-state index contributed by atoms with van der Waals surface area (Å²) in [7, 11) is 2.13. The Balaban J connectivity index is 1.35. The van der Waals surface area contributed by atoms with Crippen LogP contribution in [0.4, 0.5) is 17.3 Å². The topological polar surface area (TPSA) is 79.4 Å². The minimum atomic E-state index is 0.0993. The van der Waals surface area contributed by atoms with Crippen LogP contribution in [0.3, 0.4) is 0 Å². The highest BCUT2D eigenvalue weighted by molar-refractivity contribution is 5.97. The number of rotatable bonds is 4. The Labute approximate surface area is 243 Å². The van der Waals surface area contributed by atoms with Gasteiger partial charge in [-0.3, -0.25) is 9.69 Å². The van der Waals surface area contributed by atoms with E-state index in [0.717, 1.165) is 80.1 Å². The van der Waals surface area contributed by atoms with Crippen molar-refractivity contribution in [1.29, 1.82) is 0 Å². The van der Waals surface area contributed by atoms with Crippen LogP contribution in [-0.2, 0) is 11.3 Å². The number of benzene rings is 2. The molecule has 7 heteroatoms. The molecule has 2 N–H and O–H groups in total. The second-order valence-electron chi connectivity index (χ2n) is 11.0. The van der Waals surface area contributed by atoms with Gasteiger partial charge in [0.2, 0.25) is 11.7 Å². The van der Waals surface area contributed by atoms with Gasteiger partial charge in [0.25, 0.3) is 0 Å². The Morgan fingerprint density at radius 2 is 2.00 bits per heavy atom. The number of Topliss-reactive ketones (excluding diaryl/α,β-unsaturated/α-hetero) is 1. The van der Waals surface area contributed by atoms with Gasteiger partial charge in [0, 0.05) is 48.7 Å². The standard InChI is InChI=1S/C34H39N5O2/c1-3-8-33(40)27-13-11-25(12-14-27)23-36-29-19-26-20-30(22-29)37-34-35-16-15-32(38-34)28-9-7-10-31(21-28)41-18-6-4-5-17-39(2)24-26/h4-5,7,9-10,15-16,19-22,25,27,36H,6,11-14,17-18,23-24H2,1-2H3,(H,35,37,38)/b5-4+. The summed E-state index contributed by atoms with van der Waals surface area (Å²) in [5, 5.41) is 7.13. The van der Waals surface area contributed by atoms with Crippen LogP contribution >= 0.6 is 0 Å². The lowest BCUT2D eigenvalue weighted by Crippen LogP contribution is -2.25. The average Bonchev–Trinajstić information content (AvgIpc) is 2.98. The number of ketones is 1. The van der Waals surface area contributed by atoms with Crippen molar-refractivity contribution >= 4 is 23.1 Å². The Morgan fingerprint density at radius 1 is 1.12 bits per heavy atom. The minimum Gasteiger partial charge on any atom is -0.493 e. The highest BCUT2D eigenvalue weighted by atomic mass is 16.5. The highest BCUT2D eigenvalue weighted by Crippen LogP contribution is 2.31. The summed E-state index contributed by atoms with van der Waals surface area (Å²) in [4.78, 5) is 23.8. The van der Waals surface area contributed by atoms with Gasteiger partial charge in [-0.25, -0.2) is 9.97 Å². The molecule has 2 aromatic carbocycles. The first kappa shape index (κ1) is 28.4. The summed E-state index contributed by atoms with van der Waals surface area (Å²) in [5.41, 5.74) is 5.04. The molecule has 2 aliphatic rings. The van der Waals surface area contributed by atoms with Crippen LogP contribution in [0.15, 0.2) is 66.9 Å². The normalized spacial score (nSPS) is 20.1. The van der Waals surface area contributed by atoms with Crippen LogP contribution in [0.5, 0.6) is 5.75 Å². The van der Waals surface area contributed by atoms with E-state index in [1.165, 1.54) is 5.56 Å². The van der Waals surface area contributed by atoms with Gasteiger partial charge < -0.3 is 15.4 Å². The van der Waals surface area contributed by atoms with Crippen LogP contribution < -0.4 is 15.4 Å². The molecule has 0 radical (unpaired) electrons. The number of likely N-dealkylation sites (N-methyl/N-ethyl adjacent to an activating group) is 1. The molecule has 0 spiro atoms. The zero-order valence-corrected chi connectivity index (χ0v) is 24.0. The second kappa shape index (κ2) is 14.0. The van der Waals surface area contributed by atoms with E-state index in [1.807, 2.05) is 30.3 Å². The molecule has 6 bridgehead atoms. The number of anilines is 3. The lowest BCUT2D eigenvalue weighted by Gasteiger charge is -2.27. The predicted molar refractivity (Wildman–Crippen MR) is 165 cm³/mol. The number of hydrogen-bond donors (Lipinski definition) is 2. The first-order valence-corrected chi connectivity index (χ1v) is 14.6. The zero-order chi connectivity index (χ0) is 28.4. The monoisotopic (exact) mass is 549 g/mol. The molecule has 41 heavy (non-hydrogen) atoms. The third-order valence-corrected chi connectivity index (χ3v) is 7.68. The number of hydrogen-bond acceptors (Lipinski definition) is 7. The molecule has 0 atom stereocenters. The number of fused-ring (bicyclic) bond motifs is 7. The average molecular weight is 550 g/mol. The molecule has 1 saturated carbocycles. The van der Waals surface area contributed by atoms with Crippen molar-refractivity contribution in [2.75, 3.05) is 37.4 Å².